The van der Waals surface area contributed by atoms with Crippen LogP contribution in [0.3, 0.4) is 0 Å². The fourth-order valence-electron chi connectivity index (χ4n) is 4.16. The number of aliphatic hydroxyl groups excluding tert-OH is 1. The fraction of sp³-hybridized carbons (Fsp3) is 0.179. The van der Waals surface area contributed by atoms with Gasteiger partial charge in [-0.1, -0.05) is 43.3 Å². The van der Waals surface area contributed by atoms with Gasteiger partial charge in [0.05, 0.1) is 31.4 Å². The van der Waals surface area contributed by atoms with Crippen molar-refractivity contribution in [3.05, 3.63) is 101 Å². The number of rotatable bonds is 6. The summed E-state index contributed by atoms with van der Waals surface area (Å²) in [7, 11) is 2.81. The number of ether oxygens (including phenoxy) is 2. The molecule has 7 heteroatoms. The SMILES string of the molecule is CCc1ccc(/C(O)=C2\C(=O)C(=O)N(c3ccc(C(=O)OC)cc3)C2c2cccc(OC)c2)cc1. The first-order valence-electron chi connectivity index (χ1n) is 11.1. The van der Waals surface area contributed by atoms with Gasteiger partial charge in [0.2, 0.25) is 0 Å². The Balaban J connectivity index is 1.89. The number of aryl methyl sites for hydroxylation is 1. The molecule has 0 aromatic heterocycles. The maximum atomic E-state index is 13.3. The van der Waals surface area contributed by atoms with E-state index >= 15 is 0 Å². The number of benzene rings is 3. The number of hydrogen-bond donors (Lipinski definition) is 1. The van der Waals surface area contributed by atoms with Gasteiger partial charge in [-0.25, -0.2) is 4.79 Å². The van der Waals surface area contributed by atoms with Gasteiger partial charge in [0.25, 0.3) is 11.7 Å². The zero-order valence-electron chi connectivity index (χ0n) is 19.6. The smallest absolute Gasteiger partial charge is 0.337 e. The van der Waals surface area contributed by atoms with E-state index in [4.69, 9.17) is 9.47 Å². The molecule has 3 aromatic carbocycles. The number of aliphatic hydroxyl groups is 1. The van der Waals surface area contributed by atoms with Crippen molar-refractivity contribution in [2.24, 2.45) is 0 Å². The number of carbonyl (C=O) groups is 3. The van der Waals surface area contributed by atoms with Crippen LogP contribution in [0.2, 0.25) is 0 Å². The topological polar surface area (TPSA) is 93.1 Å². The molecule has 7 nitrogen and oxygen atoms in total. The van der Waals surface area contributed by atoms with E-state index in [2.05, 4.69) is 0 Å². The summed E-state index contributed by atoms with van der Waals surface area (Å²) in [5, 5.41) is 11.2. The van der Waals surface area contributed by atoms with Crippen molar-refractivity contribution in [3.63, 3.8) is 0 Å². The summed E-state index contributed by atoms with van der Waals surface area (Å²) in [5.74, 6) is -1.81. The molecule has 0 aliphatic carbocycles. The quantitative estimate of drug-likeness (QED) is 0.243. The predicted molar refractivity (Wildman–Crippen MR) is 131 cm³/mol. The maximum Gasteiger partial charge on any atom is 0.337 e. The average Bonchev–Trinajstić information content (AvgIpc) is 3.18. The second-order valence-corrected chi connectivity index (χ2v) is 8.03. The number of hydrogen-bond acceptors (Lipinski definition) is 6. The second-order valence-electron chi connectivity index (χ2n) is 8.03. The molecule has 1 aliphatic heterocycles. The van der Waals surface area contributed by atoms with E-state index in [1.165, 1.54) is 31.3 Å². The maximum absolute atomic E-state index is 13.3. The normalized spacial score (nSPS) is 16.9. The van der Waals surface area contributed by atoms with Crippen LogP contribution in [0.25, 0.3) is 5.76 Å². The summed E-state index contributed by atoms with van der Waals surface area (Å²) in [6.45, 7) is 2.02. The molecule has 0 bridgehead atoms. The van der Waals surface area contributed by atoms with Gasteiger partial charge in [0.15, 0.2) is 0 Å². The van der Waals surface area contributed by atoms with Crippen LogP contribution in [0.1, 0.15) is 40.0 Å². The van der Waals surface area contributed by atoms with Crippen LogP contribution >= 0.6 is 0 Å². The third-order valence-electron chi connectivity index (χ3n) is 6.06. The highest BCUT2D eigenvalue weighted by Crippen LogP contribution is 2.42. The molecular formula is C28H25NO6. The van der Waals surface area contributed by atoms with Crippen LogP contribution in [0.15, 0.2) is 78.4 Å². The molecule has 1 heterocycles. The number of Topliss-reactive ketones (excluding diaryl/α,β-unsaturated/α-hetero) is 1. The lowest BCUT2D eigenvalue weighted by atomic mass is 9.94. The first-order valence-corrected chi connectivity index (χ1v) is 11.1. The Morgan fingerprint density at radius 1 is 0.943 bits per heavy atom. The lowest BCUT2D eigenvalue weighted by molar-refractivity contribution is -0.132. The zero-order valence-corrected chi connectivity index (χ0v) is 19.6. The molecule has 1 atom stereocenters. The molecular weight excluding hydrogens is 446 g/mol. The Bertz CT molecular complexity index is 1310. The van der Waals surface area contributed by atoms with E-state index < -0.39 is 23.7 Å². The lowest BCUT2D eigenvalue weighted by Gasteiger charge is -2.26. The molecule has 1 aliphatic rings. The summed E-state index contributed by atoms with van der Waals surface area (Å²) in [6, 6.07) is 19.5. The monoisotopic (exact) mass is 471 g/mol. The summed E-state index contributed by atoms with van der Waals surface area (Å²) >= 11 is 0. The second kappa shape index (κ2) is 9.85. The van der Waals surface area contributed by atoms with E-state index in [9.17, 15) is 19.5 Å². The van der Waals surface area contributed by atoms with Gasteiger partial charge in [-0.3, -0.25) is 14.5 Å². The van der Waals surface area contributed by atoms with Crippen LogP contribution in [-0.4, -0.2) is 37.0 Å². The van der Waals surface area contributed by atoms with E-state index in [1.807, 2.05) is 19.1 Å². The summed E-state index contributed by atoms with van der Waals surface area (Å²) < 4.78 is 10.1. The third-order valence-corrected chi connectivity index (χ3v) is 6.06. The van der Waals surface area contributed by atoms with Crippen LogP contribution in [-0.2, 0) is 20.7 Å². The molecule has 178 valence electrons. The molecule has 1 unspecified atom stereocenters. The molecule has 1 fully saturated rings. The summed E-state index contributed by atoms with van der Waals surface area (Å²) in [5.41, 5.74) is 2.79. The lowest BCUT2D eigenvalue weighted by Crippen LogP contribution is -2.29. The summed E-state index contributed by atoms with van der Waals surface area (Å²) in [6.07, 6.45) is 0.830. The number of ketones is 1. The molecule has 0 spiro atoms. The van der Waals surface area contributed by atoms with Gasteiger partial charge in [0.1, 0.15) is 11.5 Å². The highest BCUT2D eigenvalue weighted by molar-refractivity contribution is 6.51. The van der Waals surface area contributed by atoms with Crippen molar-refractivity contribution >= 4 is 29.1 Å². The highest BCUT2D eigenvalue weighted by Gasteiger charge is 2.47. The van der Waals surface area contributed by atoms with Crippen molar-refractivity contribution in [2.45, 2.75) is 19.4 Å². The van der Waals surface area contributed by atoms with Gasteiger partial charge < -0.3 is 14.6 Å². The molecule has 1 saturated heterocycles. The van der Waals surface area contributed by atoms with Crippen molar-refractivity contribution in [1.82, 2.24) is 0 Å². The van der Waals surface area contributed by atoms with E-state index in [0.29, 0.717) is 28.1 Å². The fourth-order valence-corrected chi connectivity index (χ4v) is 4.16. The standard InChI is InChI=1S/C28H25NO6/c1-4-17-8-10-18(11-9-17)25(30)23-24(20-6-5-7-22(16-20)34-2)29(27(32)26(23)31)21-14-12-19(13-15-21)28(33)35-3/h5-16,24,30H,4H2,1-3H3/b25-23+. The zero-order chi connectivity index (χ0) is 25.1. The molecule has 0 radical (unpaired) electrons. The number of carbonyl (C=O) groups excluding carboxylic acids is 3. The minimum atomic E-state index is -0.903. The Kier molecular flexibility index (Phi) is 6.68. The van der Waals surface area contributed by atoms with Crippen molar-refractivity contribution < 1.29 is 29.0 Å². The number of esters is 1. The molecule has 0 saturated carbocycles. The predicted octanol–water partition coefficient (Wildman–Crippen LogP) is 4.67. The molecule has 4 rings (SSSR count). The van der Waals surface area contributed by atoms with Crippen molar-refractivity contribution in [3.8, 4) is 5.75 Å². The van der Waals surface area contributed by atoms with Crippen LogP contribution < -0.4 is 9.64 Å². The summed E-state index contributed by atoms with van der Waals surface area (Å²) in [4.78, 5) is 39.7. The average molecular weight is 472 g/mol. The van der Waals surface area contributed by atoms with Crippen LogP contribution in [0.4, 0.5) is 5.69 Å². The number of anilines is 1. The van der Waals surface area contributed by atoms with Crippen molar-refractivity contribution in [2.75, 3.05) is 19.1 Å². The van der Waals surface area contributed by atoms with E-state index in [1.54, 1.807) is 48.5 Å². The van der Waals surface area contributed by atoms with E-state index in [0.717, 1.165) is 12.0 Å². The van der Waals surface area contributed by atoms with Gasteiger partial charge in [-0.05, 0) is 53.9 Å². The Hall–Kier alpha value is -4.39. The Morgan fingerprint density at radius 3 is 2.20 bits per heavy atom. The molecule has 1 amide bonds. The van der Waals surface area contributed by atoms with E-state index in [-0.39, 0.29) is 11.3 Å². The minimum Gasteiger partial charge on any atom is -0.507 e. The van der Waals surface area contributed by atoms with Gasteiger partial charge in [0, 0.05) is 11.3 Å². The number of nitrogens with zero attached hydrogens (tertiary/aromatic N) is 1. The van der Waals surface area contributed by atoms with Gasteiger partial charge in [-0.15, -0.1) is 0 Å². The van der Waals surface area contributed by atoms with Crippen LogP contribution in [0, 0.1) is 0 Å². The van der Waals surface area contributed by atoms with Crippen LogP contribution in [0.5, 0.6) is 5.75 Å². The largest absolute Gasteiger partial charge is 0.507 e. The minimum absolute atomic E-state index is 0.0236. The Labute approximate surface area is 203 Å². The van der Waals surface area contributed by atoms with Gasteiger partial charge in [-0.2, -0.15) is 0 Å². The highest BCUT2D eigenvalue weighted by atomic mass is 16.5. The third kappa shape index (κ3) is 4.40. The van der Waals surface area contributed by atoms with Gasteiger partial charge >= 0.3 is 5.97 Å². The number of amides is 1. The molecule has 35 heavy (non-hydrogen) atoms. The van der Waals surface area contributed by atoms with Crippen molar-refractivity contribution in [1.29, 1.82) is 0 Å². The first-order chi connectivity index (χ1) is 16.9. The first kappa shape index (κ1) is 23.8. The Morgan fingerprint density at radius 2 is 1.60 bits per heavy atom. The molecule has 3 aromatic rings. The number of methoxy groups -OCH3 is 2. The molecule has 1 N–H and O–H groups in total.